The van der Waals surface area contributed by atoms with Crippen LogP contribution in [0.3, 0.4) is 0 Å². The maximum absolute atomic E-state index is 10.7. The van der Waals surface area contributed by atoms with Crippen molar-refractivity contribution in [3.8, 4) is 5.75 Å². The molecule has 1 aromatic rings. The number of carboxylic acids is 1. The van der Waals surface area contributed by atoms with E-state index in [4.69, 9.17) is 5.11 Å². The zero-order valence-corrected chi connectivity index (χ0v) is 7.03. The molecule has 1 saturated carbocycles. The van der Waals surface area contributed by atoms with Crippen LogP contribution in [0.2, 0.25) is 0 Å². The SMILES string of the molecule is O=C(O)c1cc(C2CC2)ccc1O. The third-order valence-corrected chi connectivity index (χ3v) is 2.30. The van der Waals surface area contributed by atoms with Crippen LogP contribution in [0.5, 0.6) is 5.75 Å². The molecule has 3 heteroatoms. The standard InChI is InChI=1S/C10H10O3/c11-9-4-3-7(6-1-2-6)5-8(9)10(12)13/h3-6,11H,1-2H2,(H,12,13). The monoisotopic (exact) mass is 178 g/mol. The van der Waals surface area contributed by atoms with E-state index in [2.05, 4.69) is 0 Å². The topological polar surface area (TPSA) is 57.5 Å². The van der Waals surface area contributed by atoms with Gasteiger partial charge in [0.2, 0.25) is 0 Å². The molecule has 68 valence electrons. The zero-order chi connectivity index (χ0) is 9.42. The van der Waals surface area contributed by atoms with Gasteiger partial charge < -0.3 is 10.2 Å². The van der Waals surface area contributed by atoms with E-state index >= 15 is 0 Å². The van der Waals surface area contributed by atoms with Crippen molar-refractivity contribution in [1.82, 2.24) is 0 Å². The number of rotatable bonds is 2. The maximum Gasteiger partial charge on any atom is 0.339 e. The average molecular weight is 178 g/mol. The molecule has 1 fully saturated rings. The smallest absolute Gasteiger partial charge is 0.339 e. The molecule has 2 rings (SSSR count). The fourth-order valence-corrected chi connectivity index (χ4v) is 1.40. The highest BCUT2D eigenvalue weighted by atomic mass is 16.4. The first kappa shape index (κ1) is 8.10. The highest BCUT2D eigenvalue weighted by Gasteiger charge is 2.24. The van der Waals surface area contributed by atoms with Gasteiger partial charge in [0.1, 0.15) is 11.3 Å². The number of carbonyl (C=O) groups is 1. The van der Waals surface area contributed by atoms with Crippen molar-refractivity contribution < 1.29 is 15.0 Å². The Labute approximate surface area is 75.6 Å². The van der Waals surface area contributed by atoms with Crippen molar-refractivity contribution in [2.75, 3.05) is 0 Å². The van der Waals surface area contributed by atoms with Gasteiger partial charge in [-0.1, -0.05) is 6.07 Å². The van der Waals surface area contributed by atoms with Crippen molar-refractivity contribution in [2.24, 2.45) is 0 Å². The molecule has 0 heterocycles. The second-order valence-corrected chi connectivity index (χ2v) is 3.36. The van der Waals surface area contributed by atoms with Crippen LogP contribution in [0.15, 0.2) is 18.2 Å². The molecule has 0 spiro atoms. The number of aromatic hydroxyl groups is 1. The third kappa shape index (κ3) is 1.49. The van der Waals surface area contributed by atoms with Crippen molar-refractivity contribution in [1.29, 1.82) is 0 Å². The van der Waals surface area contributed by atoms with E-state index in [0.717, 1.165) is 18.4 Å². The Kier molecular flexibility index (Phi) is 1.72. The summed E-state index contributed by atoms with van der Waals surface area (Å²) in [6.07, 6.45) is 2.26. The summed E-state index contributed by atoms with van der Waals surface area (Å²) in [4.78, 5) is 10.7. The molecule has 13 heavy (non-hydrogen) atoms. The summed E-state index contributed by atoms with van der Waals surface area (Å²) in [6.45, 7) is 0. The Bertz CT molecular complexity index is 353. The largest absolute Gasteiger partial charge is 0.507 e. The van der Waals surface area contributed by atoms with Gasteiger partial charge in [-0.15, -0.1) is 0 Å². The minimum atomic E-state index is -1.07. The Balaban J connectivity index is 2.41. The zero-order valence-electron chi connectivity index (χ0n) is 7.03. The van der Waals surface area contributed by atoms with Crippen molar-refractivity contribution in [3.05, 3.63) is 29.3 Å². The second-order valence-electron chi connectivity index (χ2n) is 3.36. The number of benzene rings is 1. The molecule has 0 amide bonds. The van der Waals surface area contributed by atoms with Crippen LogP contribution in [0.1, 0.15) is 34.7 Å². The van der Waals surface area contributed by atoms with Crippen molar-refractivity contribution >= 4 is 5.97 Å². The molecule has 0 saturated heterocycles. The first-order valence-corrected chi connectivity index (χ1v) is 4.24. The Hall–Kier alpha value is -1.51. The van der Waals surface area contributed by atoms with Crippen LogP contribution in [0, 0.1) is 0 Å². The molecule has 0 aromatic heterocycles. The van der Waals surface area contributed by atoms with Crippen LogP contribution in [-0.4, -0.2) is 16.2 Å². The van der Waals surface area contributed by atoms with Gasteiger partial charge in [0, 0.05) is 0 Å². The van der Waals surface area contributed by atoms with E-state index < -0.39 is 5.97 Å². The summed E-state index contributed by atoms with van der Waals surface area (Å²) in [5, 5.41) is 18.0. The predicted octanol–water partition coefficient (Wildman–Crippen LogP) is 1.97. The molecule has 1 aromatic carbocycles. The third-order valence-electron chi connectivity index (χ3n) is 2.30. The minimum Gasteiger partial charge on any atom is -0.507 e. The van der Waals surface area contributed by atoms with Gasteiger partial charge in [-0.25, -0.2) is 4.79 Å². The van der Waals surface area contributed by atoms with Gasteiger partial charge in [-0.3, -0.25) is 0 Å². The normalized spacial score (nSPS) is 15.7. The fourth-order valence-electron chi connectivity index (χ4n) is 1.40. The average Bonchev–Trinajstić information content (AvgIpc) is 2.87. The van der Waals surface area contributed by atoms with E-state index in [0.29, 0.717) is 5.92 Å². The molecule has 3 nitrogen and oxygen atoms in total. The Morgan fingerprint density at radius 2 is 2.08 bits per heavy atom. The van der Waals surface area contributed by atoms with E-state index in [1.165, 1.54) is 6.07 Å². The molecule has 1 aliphatic rings. The Morgan fingerprint density at radius 1 is 1.38 bits per heavy atom. The lowest BCUT2D eigenvalue weighted by Gasteiger charge is -2.02. The molecular formula is C10H10O3. The number of carboxylic acid groups (broad SMARTS) is 1. The van der Waals surface area contributed by atoms with Crippen molar-refractivity contribution in [3.63, 3.8) is 0 Å². The van der Waals surface area contributed by atoms with E-state index in [1.54, 1.807) is 12.1 Å². The fraction of sp³-hybridized carbons (Fsp3) is 0.300. The summed E-state index contributed by atoms with van der Waals surface area (Å²) < 4.78 is 0. The van der Waals surface area contributed by atoms with Gasteiger partial charge in [-0.05, 0) is 36.5 Å². The molecule has 0 atom stereocenters. The minimum absolute atomic E-state index is 0.00407. The summed E-state index contributed by atoms with van der Waals surface area (Å²) in [6, 6.07) is 4.81. The lowest BCUT2D eigenvalue weighted by Crippen LogP contribution is -1.97. The van der Waals surface area contributed by atoms with Gasteiger partial charge in [0.05, 0.1) is 0 Å². The van der Waals surface area contributed by atoms with Crippen LogP contribution in [-0.2, 0) is 0 Å². The first-order valence-electron chi connectivity index (χ1n) is 4.24. The Morgan fingerprint density at radius 3 is 2.62 bits per heavy atom. The van der Waals surface area contributed by atoms with Gasteiger partial charge in [-0.2, -0.15) is 0 Å². The lowest BCUT2D eigenvalue weighted by molar-refractivity contribution is 0.0693. The molecular weight excluding hydrogens is 168 g/mol. The summed E-state index contributed by atoms with van der Waals surface area (Å²) in [7, 11) is 0. The van der Waals surface area contributed by atoms with E-state index in [1.807, 2.05) is 0 Å². The molecule has 2 N–H and O–H groups in total. The lowest BCUT2D eigenvalue weighted by atomic mass is 10.1. The first-order chi connectivity index (χ1) is 6.18. The highest BCUT2D eigenvalue weighted by Crippen LogP contribution is 2.41. The molecule has 0 unspecified atom stereocenters. The molecule has 0 bridgehead atoms. The maximum atomic E-state index is 10.7. The van der Waals surface area contributed by atoms with E-state index in [-0.39, 0.29) is 11.3 Å². The van der Waals surface area contributed by atoms with Gasteiger partial charge in [0.15, 0.2) is 0 Å². The molecule has 0 radical (unpaired) electrons. The number of phenols is 1. The van der Waals surface area contributed by atoms with Gasteiger partial charge >= 0.3 is 5.97 Å². The second kappa shape index (κ2) is 2.76. The van der Waals surface area contributed by atoms with Crippen molar-refractivity contribution in [2.45, 2.75) is 18.8 Å². The van der Waals surface area contributed by atoms with Crippen LogP contribution >= 0.6 is 0 Å². The van der Waals surface area contributed by atoms with Crippen LogP contribution in [0.4, 0.5) is 0 Å². The number of hydrogen-bond donors (Lipinski definition) is 2. The summed E-state index contributed by atoms with van der Waals surface area (Å²) in [5.74, 6) is -0.712. The summed E-state index contributed by atoms with van der Waals surface area (Å²) >= 11 is 0. The summed E-state index contributed by atoms with van der Waals surface area (Å²) in [5.41, 5.74) is 1.03. The van der Waals surface area contributed by atoms with Crippen LogP contribution < -0.4 is 0 Å². The quantitative estimate of drug-likeness (QED) is 0.727. The molecule has 0 aliphatic heterocycles. The predicted molar refractivity (Wildman–Crippen MR) is 47.0 cm³/mol. The van der Waals surface area contributed by atoms with Crippen LogP contribution in [0.25, 0.3) is 0 Å². The number of aromatic carboxylic acids is 1. The highest BCUT2D eigenvalue weighted by molar-refractivity contribution is 5.91. The number of hydrogen-bond acceptors (Lipinski definition) is 2. The van der Waals surface area contributed by atoms with E-state index in [9.17, 15) is 9.90 Å². The molecule has 1 aliphatic carbocycles. The van der Waals surface area contributed by atoms with Gasteiger partial charge in [0.25, 0.3) is 0 Å².